The molecule has 6 nitrogen and oxygen atoms in total. The van der Waals surface area contributed by atoms with Gasteiger partial charge in [-0.15, -0.1) is 0 Å². The molecule has 160 valence electrons. The third-order valence-electron chi connectivity index (χ3n) is 6.45. The van der Waals surface area contributed by atoms with Crippen LogP contribution in [0.5, 0.6) is 0 Å². The van der Waals surface area contributed by atoms with Crippen LogP contribution in [0.1, 0.15) is 31.2 Å². The first kappa shape index (κ1) is 19.8. The Morgan fingerprint density at radius 2 is 1.70 bits per heavy atom. The summed E-state index contributed by atoms with van der Waals surface area (Å²) in [5.41, 5.74) is 3.45. The second kappa shape index (κ2) is 8.21. The molecular formula is C23H29N3O3S. The normalized spacial score (nSPS) is 22.5. The van der Waals surface area contributed by atoms with E-state index < -0.39 is 10.0 Å². The van der Waals surface area contributed by atoms with E-state index in [9.17, 15) is 8.42 Å². The summed E-state index contributed by atoms with van der Waals surface area (Å²) in [5, 5.41) is 0. The number of morpholine rings is 1. The molecule has 0 N–H and O–H groups in total. The lowest BCUT2D eigenvalue weighted by Crippen LogP contribution is -2.42. The van der Waals surface area contributed by atoms with Crippen LogP contribution < -0.4 is 9.80 Å². The Bertz CT molecular complexity index is 990. The number of sulfonamides is 1. The van der Waals surface area contributed by atoms with Crippen molar-refractivity contribution in [2.45, 2.75) is 43.3 Å². The summed E-state index contributed by atoms with van der Waals surface area (Å²) in [6.45, 7) is 3.57. The largest absolute Gasteiger partial charge is 0.379 e. The molecule has 2 saturated heterocycles. The average Bonchev–Trinajstić information content (AvgIpc) is 2.93. The molecule has 0 bridgehead atoms. The van der Waals surface area contributed by atoms with Gasteiger partial charge in [-0.1, -0.05) is 36.8 Å². The van der Waals surface area contributed by atoms with E-state index in [1.165, 1.54) is 30.5 Å². The molecule has 5 rings (SSSR count). The highest BCUT2D eigenvalue weighted by Gasteiger charge is 2.38. The summed E-state index contributed by atoms with van der Waals surface area (Å²) in [5.74, 6) is 0. The third-order valence-corrected chi connectivity index (χ3v) is 8.34. The minimum Gasteiger partial charge on any atom is -0.379 e. The Hall–Kier alpha value is -2.09. The molecule has 0 amide bonds. The molecule has 1 unspecified atom stereocenters. The standard InChI is InChI=1S/C23H29N3O3S/c27-30(28,24-13-15-29-16-14-24)20-10-11-21-22(17-20)26(18-19-7-3-1-4-8-19)23-9-5-2-6-12-25(21)23/h1,3-4,7-8,10-11,17,23H,2,5-6,9,12-16,18H2. The van der Waals surface area contributed by atoms with Gasteiger partial charge in [-0.05, 0) is 43.0 Å². The summed E-state index contributed by atoms with van der Waals surface area (Å²) in [6.07, 6.45) is 5.05. The van der Waals surface area contributed by atoms with Gasteiger partial charge in [-0.25, -0.2) is 8.42 Å². The molecule has 2 fully saturated rings. The van der Waals surface area contributed by atoms with E-state index in [1.54, 1.807) is 10.4 Å². The lowest BCUT2D eigenvalue weighted by Gasteiger charge is -2.31. The van der Waals surface area contributed by atoms with Crippen LogP contribution in [0.3, 0.4) is 0 Å². The molecule has 3 heterocycles. The smallest absolute Gasteiger partial charge is 0.243 e. The SMILES string of the molecule is O=S(=O)(c1ccc2c(c1)N(Cc1ccccc1)C1CCCCCN21)N1CCOCC1. The first-order valence-corrected chi connectivity index (χ1v) is 12.4. The van der Waals surface area contributed by atoms with Crippen LogP contribution >= 0.6 is 0 Å². The molecule has 30 heavy (non-hydrogen) atoms. The van der Waals surface area contributed by atoms with Crippen LogP contribution in [0.4, 0.5) is 11.4 Å². The predicted octanol–water partition coefficient (Wildman–Crippen LogP) is 3.43. The molecule has 0 radical (unpaired) electrons. The van der Waals surface area contributed by atoms with Crippen molar-refractivity contribution in [3.8, 4) is 0 Å². The van der Waals surface area contributed by atoms with E-state index >= 15 is 0 Å². The molecule has 0 saturated carbocycles. The van der Waals surface area contributed by atoms with Gasteiger partial charge in [0, 0.05) is 26.2 Å². The fraction of sp³-hybridized carbons (Fsp3) is 0.478. The van der Waals surface area contributed by atoms with Crippen molar-refractivity contribution in [2.24, 2.45) is 0 Å². The predicted molar refractivity (Wildman–Crippen MR) is 118 cm³/mol. The van der Waals surface area contributed by atoms with Crippen molar-refractivity contribution < 1.29 is 13.2 Å². The van der Waals surface area contributed by atoms with Gasteiger partial charge in [-0.2, -0.15) is 4.31 Å². The van der Waals surface area contributed by atoms with Gasteiger partial charge in [-0.3, -0.25) is 0 Å². The monoisotopic (exact) mass is 427 g/mol. The number of fused-ring (bicyclic) bond motifs is 3. The maximum absolute atomic E-state index is 13.3. The maximum atomic E-state index is 13.3. The molecule has 0 aliphatic carbocycles. The van der Waals surface area contributed by atoms with E-state index in [0.717, 1.165) is 25.2 Å². The molecular weight excluding hydrogens is 398 g/mol. The Kier molecular flexibility index (Phi) is 5.43. The Morgan fingerprint density at radius 3 is 2.50 bits per heavy atom. The zero-order valence-electron chi connectivity index (χ0n) is 17.2. The first-order chi connectivity index (χ1) is 14.6. The van der Waals surface area contributed by atoms with Gasteiger partial charge in [0.25, 0.3) is 0 Å². The fourth-order valence-electron chi connectivity index (χ4n) is 4.90. The molecule has 0 spiro atoms. The number of anilines is 2. The highest BCUT2D eigenvalue weighted by atomic mass is 32.2. The highest BCUT2D eigenvalue weighted by molar-refractivity contribution is 7.89. The lowest BCUT2D eigenvalue weighted by molar-refractivity contribution is 0.0730. The maximum Gasteiger partial charge on any atom is 0.243 e. The third kappa shape index (κ3) is 3.59. The summed E-state index contributed by atoms with van der Waals surface area (Å²) in [7, 11) is -3.51. The van der Waals surface area contributed by atoms with Crippen LogP contribution in [0.2, 0.25) is 0 Å². The molecule has 2 aromatic rings. The van der Waals surface area contributed by atoms with Crippen molar-refractivity contribution in [1.82, 2.24) is 4.31 Å². The molecule has 2 aromatic carbocycles. The van der Waals surface area contributed by atoms with E-state index in [2.05, 4.69) is 34.1 Å². The van der Waals surface area contributed by atoms with Crippen LogP contribution in [-0.4, -0.2) is 51.7 Å². The number of hydrogen-bond donors (Lipinski definition) is 0. The molecule has 0 aromatic heterocycles. The van der Waals surface area contributed by atoms with E-state index in [0.29, 0.717) is 37.4 Å². The van der Waals surface area contributed by atoms with Crippen molar-refractivity contribution in [3.63, 3.8) is 0 Å². The second-order valence-corrected chi connectivity index (χ2v) is 10.2. The lowest BCUT2D eigenvalue weighted by atomic mass is 10.1. The Morgan fingerprint density at radius 1 is 0.900 bits per heavy atom. The van der Waals surface area contributed by atoms with Crippen molar-refractivity contribution in [3.05, 3.63) is 54.1 Å². The number of nitrogens with zero attached hydrogens (tertiary/aromatic N) is 3. The second-order valence-electron chi connectivity index (χ2n) is 8.30. The summed E-state index contributed by atoms with van der Waals surface area (Å²) in [6, 6.07) is 16.2. The van der Waals surface area contributed by atoms with Gasteiger partial charge >= 0.3 is 0 Å². The molecule has 3 aliphatic rings. The van der Waals surface area contributed by atoms with Crippen molar-refractivity contribution >= 4 is 21.4 Å². The number of ether oxygens (including phenoxy) is 1. The Balaban J connectivity index is 1.53. The summed E-state index contributed by atoms with van der Waals surface area (Å²) >= 11 is 0. The van der Waals surface area contributed by atoms with E-state index in [1.807, 2.05) is 18.2 Å². The molecule has 1 atom stereocenters. The topological polar surface area (TPSA) is 53.1 Å². The number of rotatable bonds is 4. The summed E-state index contributed by atoms with van der Waals surface area (Å²) in [4.78, 5) is 5.28. The van der Waals surface area contributed by atoms with E-state index in [4.69, 9.17) is 4.74 Å². The summed E-state index contributed by atoms with van der Waals surface area (Å²) < 4.78 is 33.4. The van der Waals surface area contributed by atoms with Gasteiger partial charge < -0.3 is 14.5 Å². The highest BCUT2D eigenvalue weighted by Crippen LogP contribution is 2.44. The first-order valence-electron chi connectivity index (χ1n) is 10.9. The number of benzene rings is 2. The average molecular weight is 428 g/mol. The van der Waals surface area contributed by atoms with Crippen LogP contribution in [-0.2, 0) is 21.3 Å². The van der Waals surface area contributed by atoms with Crippen LogP contribution in [0.25, 0.3) is 0 Å². The van der Waals surface area contributed by atoms with Gasteiger partial charge in [0.1, 0.15) is 6.17 Å². The minimum absolute atomic E-state index is 0.295. The van der Waals surface area contributed by atoms with Gasteiger partial charge in [0.05, 0.1) is 29.5 Å². The fourth-order valence-corrected chi connectivity index (χ4v) is 6.33. The van der Waals surface area contributed by atoms with E-state index in [-0.39, 0.29) is 0 Å². The zero-order chi connectivity index (χ0) is 20.6. The molecule has 3 aliphatic heterocycles. The van der Waals surface area contributed by atoms with Gasteiger partial charge in [0.2, 0.25) is 10.0 Å². The number of hydrogen-bond acceptors (Lipinski definition) is 5. The van der Waals surface area contributed by atoms with Crippen molar-refractivity contribution in [2.75, 3.05) is 42.6 Å². The minimum atomic E-state index is -3.51. The van der Waals surface area contributed by atoms with Crippen LogP contribution in [0.15, 0.2) is 53.4 Å². The van der Waals surface area contributed by atoms with Gasteiger partial charge in [0.15, 0.2) is 0 Å². The zero-order valence-corrected chi connectivity index (χ0v) is 18.1. The Labute approximate surface area is 179 Å². The van der Waals surface area contributed by atoms with Crippen molar-refractivity contribution in [1.29, 1.82) is 0 Å². The molecule has 7 heteroatoms. The van der Waals surface area contributed by atoms with Crippen LogP contribution in [0, 0.1) is 0 Å². The quantitative estimate of drug-likeness (QED) is 0.748.